The van der Waals surface area contributed by atoms with E-state index in [-0.39, 0.29) is 5.56 Å². The van der Waals surface area contributed by atoms with Gasteiger partial charge in [0.25, 0.3) is 0 Å². The van der Waals surface area contributed by atoms with Gasteiger partial charge in [0.1, 0.15) is 11.9 Å². The van der Waals surface area contributed by atoms with Crippen molar-refractivity contribution in [3.05, 3.63) is 35.1 Å². The van der Waals surface area contributed by atoms with Gasteiger partial charge in [0.05, 0.1) is 5.56 Å². The van der Waals surface area contributed by atoms with Gasteiger partial charge in [-0.05, 0) is 18.6 Å². The molecule has 0 heterocycles. The molecule has 2 heteroatoms. The van der Waals surface area contributed by atoms with Crippen LogP contribution in [-0.2, 0) is 0 Å². The average molecular weight is 165 g/mol. The van der Waals surface area contributed by atoms with E-state index in [4.69, 9.17) is 5.26 Å². The summed E-state index contributed by atoms with van der Waals surface area (Å²) in [4.78, 5) is 0. The second kappa shape index (κ2) is 5.31. The summed E-state index contributed by atoms with van der Waals surface area (Å²) in [6, 6.07) is 6.37. The summed E-state index contributed by atoms with van der Waals surface area (Å²) >= 11 is 0. The summed E-state index contributed by atoms with van der Waals surface area (Å²) in [6.07, 6.45) is 0. The highest BCUT2D eigenvalue weighted by Gasteiger charge is 2.01. The molecule has 0 saturated carbocycles. The zero-order valence-corrected chi connectivity index (χ0v) is 7.56. The molecule has 0 radical (unpaired) electrons. The molecule has 1 rings (SSSR count). The summed E-state index contributed by atoms with van der Waals surface area (Å²) in [5.41, 5.74) is 0.824. The van der Waals surface area contributed by atoms with Crippen LogP contribution in [0.15, 0.2) is 18.2 Å². The molecule has 0 fully saturated rings. The Morgan fingerprint density at radius 3 is 2.25 bits per heavy atom. The van der Waals surface area contributed by atoms with Gasteiger partial charge in [-0.25, -0.2) is 4.39 Å². The maximum atomic E-state index is 12.6. The van der Waals surface area contributed by atoms with E-state index in [1.165, 1.54) is 6.07 Å². The first kappa shape index (κ1) is 10.6. The molecule has 1 aromatic carbocycles. The summed E-state index contributed by atoms with van der Waals surface area (Å²) in [5, 5.41) is 8.41. The zero-order chi connectivity index (χ0) is 9.56. The van der Waals surface area contributed by atoms with E-state index < -0.39 is 5.82 Å². The van der Waals surface area contributed by atoms with Crippen LogP contribution in [-0.4, -0.2) is 0 Å². The maximum absolute atomic E-state index is 12.6. The van der Waals surface area contributed by atoms with Gasteiger partial charge in [0.2, 0.25) is 0 Å². The Kier molecular flexibility index (Phi) is 4.71. The lowest BCUT2D eigenvalue weighted by molar-refractivity contribution is 0.622. The smallest absolute Gasteiger partial charge is 0.141 e. The van der Waals surface area contributed by atoms with Gasteiger partial charge in [-0.15, -0.1) is 0 Å². The Bertz CT molecular complexity index is 266. The Morgan fingerprint density at radius 1 is 1.33 bits per heavy atom. The molecule has 0 spiro atoms. The van der Waals surface area contributed by atoms with E-state index >= 15 is 0 Å². The Balaban J connectivity index is 0.000000561. The number of nitrogens with zero attached hydrogens (tertiary/aromatic N) is 1. The van der Waals surface area contributed by atoms with Crippen LogP contribution in [0.3, 0.4) is 0 Å². The molecule has 0 amide bonds. The first-order valence-corrected chi connectivity index (χ1v) is 3.91. The summed E-state index contributed by atoms with van der Waals surface area (Å²) < 4.78 is 12.6. The first-order valence-electron chi connectivity index (χ1n) is 3.91. The van der Waals surface area contributed by atoms with Crippen molar-refractivity contribution in [1.82, 2.24) is 0 Å². The minimum Gasteiger partial charge on any atom is -0.206 e. The lowest BCUT2D eigenvalue weighted by atomic mass is 10.1. The van der Waals surface area contributed by atoms with Crippen molar-refractivity contribution in [1.29, 1.82) is 5.26 Å². The Morgan fingerprint density at radius 2 is 1.92 bits per heavy atom. The van der Waals surface area contributed by atoms with E-state index in [1.807, 2.05) is 13.8 Å². The lowest BCUT2D eigenvalue weighted by Crippen LogP contribution is -1.86. The van der Waals surface area contributed by atoms with Crippen LogP contribution < -0.4 is 0 Å². The molecule has 64 valence electrons. The van der Waals surface area contributed by atoms with Gasteiger partial charge < -0.3 is 0 Å². The van der Waals surface area contributed by atoms with Crippen molar-refractivity contribution in [2.24, 2.45) is 0 Å². The molecule has 0 saturated heterocycles. The standard InChI is InChI=1S/C8H6FN.C2H6/c1-6-3-2-4-8(9)7(6)5-10;1-2/h2-4H,1H3;1-2H3. The number of rotatable bonds is 0. The second-order valence-electron chi connectivity index (χ2n) is 2.04. The topological polar surface area (TPSA) is 23.8 Å². The molecule has 0 aliphatic carbocycles. The van der Waals surface area contributed by atoms with Crippen LogP contribution >= 0.6 is 0 Å². The number of hydrogen-bond donors (Lipinski definition) is 0. The average Bonchev–Trinajstić information content (AvgIpc) is 2.08. The zero-order valence-electron chi connectivity index (χ0n) is 7.56. The number of benzene rings is 1. The summed E-state index contributed by atoms with van der Waals surface area (Å²) in [7, 11) is 0. The van der Waals surface area contributed by atoms with Crippen molar-refractivity contribution < 1.29 is 4.39 Å². The highest BCUT2D eigenvalue weighted by atomic mass is 19.1. The highest BCUT2D eigenvalue weighted by molar-refractivity contribution is 5.37. The quantitative estimate of drug-likeness (QED) is 0.579. The van der Waals surface area contributed by atoms with Crippen LogP contribution in [0.1, 0.15) is 25.0 Å². The van der Waals surface area contributed by atoms with Crippen LogP contribution in [0.5, 0.6) is 0 Å². The fourth-order valence-corrected chi connectivity index (χ4v) is 0.774. The number of hydrogen-bond acceptors (Lipinski definition) is 1. The predicted octanol–water partition coefficient (Wildman–Crippen LogP) is 3.03. The van der Waals surface area contributed by atoms with E-state index in [2.05, 4.69) is 0 Å². The van der Waals surface area contributed by atoms with E-state index in [9.17, 15) is 4.39 Å². The molecule has 0 unspecified atom stereocenters. The first-order chi connectivity index (χ1) is 5.75. The molecule has 1 nitrogen and oxygen atoms in total. The molecule has 12 heavy (non-hydrogen) atoms. The molecular formula is C10H12FN. The fraction of sp³-hybridized carbons (Fsp3) is 0.300. The highest BCUT2D eigenvalue weighted by Crippen LogP contribution is 2.09. The van der Waals surface area contributed by atoms with Crippen molar-refractivity contribution >= 4 is 0 Å². The van der Waals surface area contributed by atoms with Gasteiger partial charge in [0.15, 0.2) is 0 Å². The molecule has 0 aliphatic heterocycles. The largest absolute Gasteiger partial charge is 0.206 e. The molecule has 0 aromatic heterocycles. The SMILES string of the molecule is CC.Cc1cccc(F)c1C#N. The lowest BCUT2D eigenvalue weighted by Gasteiger charge is -1.94. The second-order valence-corrected chi connectivity index (χ2v) is 2.04. The molecule has 0 bridgehead atoms. The normalized spacial score (nSPS) is 7.92. The van der Waals surface area contributed by atoms with Gasteiger partial charge in [-0.3, -0.25) is 0 Å². The Hall–Kier alpha value is -1.36. The van der Waals surface area contributed by atoms with E-state index in [0.29, 0.717) is 5.56 Å². The molecule has 0 N–H and O–H groups in total. The van der Waals surface area contributed by atoms with Gasteiger partial charge >= 0.3 is 0 Å². The third-order valence-electron chi connectivity index (χ3n) is 1.33. The minimum atomic E-state index is -0.442. The molecule has 1 aromatic rings. The molecular weight excluding hydrogens is 153 g/mol. The minimum absolute atomic E-state index is 0.141. The number of aryl methyl sites for hydroxylation is 1. The Labute approximate surface area is 72.5 Å². The van der Waals surface area contributed by atoms with E-state index in [1.54, 1.807) is 25.1 Å². The fourth-order valence-electron chi connectivity index (χ4n) is 0.774. The van der Waals surface area contributed by atoms with E-state index in [0.717, 1.165) is 0 Å². The van der Waals surface area contributed by atoms with Gasteiger partial charge in [-0.1, -0.05) is 26.0 Å². The van der Waals surface area contributed by atoms with Crippen molar-refractivity contribution in [2.75, 3.05) is 0 Å². The van der Waals surface area contributed by atoms with Crippen molar-refractivity contribution in [2.45, 2.75) is 20.8 Å². The van der Waals surface area contributed by atoms with Crippen LogP contribution in [0.25, 0.3) is 0 Å². The molecule has 0 aliphatic rings. The number of halogens is 1. The maximum Gasteiger partial charge on any atom is 0.141 e. The van der Waals surface area contributed by atoms with Crippen molar-refractivity contribution in [3.63, 3.8) is 0 Å². The van der Waals surface area contributed by atoms with Gasteiger partial charge in [-0.2, -0.15) is 5.26 Å². The van der Waals surface area contributed by atoms with Crippen molar-refractivity contribution in [3.8, 4) is 6.07 Å². The molecule has 0 atom stereocenters. The van der Waals surface area contributed by atoms with Crippen LogP contribution in [0.4, 0.5) is 4.39 Å². The third kappa shape index (κ3) is 2.35. The summed E-state index contributed by atoms with van der Waals surface area (Å²) in [5.74, 6) is -0.442. The van der Waals surface area contributed by atoms with Crippen LogP contribution in [0.2, 0.25) is 0 Å². The predicted molar refractivity (Wildman–Crippen MR) is 47.2 cm³/mol. The summed E-state index contributed by atoms with van der Waals surface area (Å²) in [6.45, 7) is 5.71. The van der Waals surface area contributed by atoms with Gasteiger partial charge in [0, 0.05) is 0 Å². The monoisotopic (exact) mass is 165 g/mol. The third-order valence-corrected chi connectivity index (χ3v) is 1.33. The van der Waals surface area contributed by atoms with Crippen LogP contribution in [0, 0.1) is 24.1 Å². The number of nitriles is 1.